The molecule has 2 aromatic carbocycles. The molecule has 0 aliphatic carbocycles. The summed E-state index contributed by atoms with van der Waals surface area (Å²) in [5, 5.41) is 4.16. The van der Waals surface area contributed by atoms with E-state index < -0.39 is 0 Å². The molecule has 5 heteroatoms. The molecule has 1 N–H and O–H groups in total. The van der Waals surface area contributed by atoms with Crippen LogP contribution in [0.15, 0.2) is 73.1 Å². The van der Waals surface area contributed by atoms with Gasteiger partial charge in [-0.3, -0.25) is 9.78 Å². The third-order valence-corrected chi connectivity index (χ3v) is 5.72. The van der Waals surface area contributed by atoms with Gasteiger partial charge < -0.3 is 14.6 Å². The van der Waals surface area contributed by atoms with E-state index in [4.69, 9.17) is 4.74 Å². The fourth-order valence-corrected chi connectivity index (χ4v) is 4.16. The lowest BCUT2D eigenvalue weighted by Gasteiger charge is -2.12. The zero-order valence-corrected chi connectivity index (χ0v) is 16.8. The van der Waals surface area contributed by atoms with E-state index in [1.807, 2.05) is 24.3 Å². The van der Waals surface area contributed by atoms with Gasteiger partial charge in [0.25, 0.3) is 5.91 Å². The van der Waals surface area contributed by atoms with Crippen LogP contribution in [0.2, 0.25) is 0 Å². The molecule has 1 amide bonds. The van der Waals surface area contributed by atoms with E-state index in [9.17, 15) is 4.79 Å². The fourth-order valence-electron chi connectivity index (χ4n) is 4.16. The number of carbonyl (C=O) groups excluding carboxylic acids is 1. The summed E-state index contributed by atoms with van der Waals surface area (Å²) in [5.74, 6) is 0.336. The average molecular weight is 397 g/mol. The average Bonchev–Trinajstić information content (AvgIpc) is 3.42. The lowest BCUT2D eigenvalue weighted by Crippen LogP contribution is -2.12. The van der Waals surface area contributed by atoms with Crippen LogP contribution >= 0.6 is 0 Å². The second-order valence-electron chi connectivity index (χ2n) is 7.74. The maximum atomic E-state index is 12.3. The number of ether oxygens (including phenoxy) is 1. The van der Waals surface area contributed by atoms with Gasteiger partial charge in [0.1, 0.15) is 0 Å². The number of carbonyl (C=O) groups is 1. The normalized spacial score (nSPS) is 16.1. The van der Waals surface area contributed by atoms with Crippen molar-refractivity contribution in [2.24, 2.45) is 0 Å². The van der Waals surface area contributed by atoms with Crippen LogP contribution < -0.4 is 5.32 Å². The minimum atomic E-state index is -0.165. The second kappa shape index (κ2) is 7.76. The van der Waals surface area contributed by atoms with Crippen LogP contribution in [0.4, 0.5) is 5.69 Å². The summed E-state index contributed by atoms with van der Waals surface area (Å²) in [6.07, 6.45) is 4.31. The van der Waals surface area contributed by atoms with Crippen molar-refractivity contribution in [1.29, 1.82) is 0 Å². The van der Waals surface area contributed by atoms with Gasteiger partial charge >= 0.3 is 0 Å². The predicted octanol–water partition coefficient (Wildman–Crippen LogP) is 5.09. The highest BCUT2D eigenvalue weighted by molar-refractivity contribution is 6.04. The molecular formula is C25H23N3O2. The molecule has 1 atom stereocenters. The van der Waals surface area contributed by atoms with E-state index in [2.05, 4.69) is 46.1 Å². The first-order valence-electron chi connectivity index (χ1n) is 10.2. The molecule has 2 aromatic heterocycles. The summed E-state index contributed by atoms with van der Waals surface area (Å²) >= 11 is 0. The Morgan fingerprint density at radius 3 is 2.73 bits per heavy atom. The molecule has 1 saturated heterocycles. The topological polar surface area (TPSA) is 56.1 Å². The highest BCUT2D eigenvalue weighted by atomic mass is 16.5. The molecule has 1 aliphatic heterocycles. The fraction of sp³-hybridized carbons (Fsp3) is 0.200. The Morgan fingerprint density at radius 2 is 2.00 bits per heavy atom. The van der Waals surface area contributed by atoms with Crippen molar-refractivity contribution < 1.29 is 9.53 Å². The van der Waals surface area contributed by atoms with E-state index in [1.54, 1.807) is 24.5 Å². The van der Waals surface area contributed by atoms with Gasteiger partial charge in [-0.2, -0.15) is 0 Å². The van der Waals surface area contributed by atoms with E-state index in [-0.39, 0.29) is 5.91 Å². The molecular weight excluding hydrogens is 374 g/mol. The van der Waals surface area contributed by atoms with Gasteiger partial charge in [0.2, 0.25) is 0 Å². The zero-order valence-electron chi connectivity index (χ0n) is 16.8. The molecule has 30 heavy (non-hydrogen) atoms. The summed E-state index contributed by atoms with van der Waals surface area (Å²) in [5.41, 5.74) is 6.08. The van der Waals surface area contributed by atoms with Crippen molar-refractivity contribution in [2.45, 2.75) is 19.3 Å². The Bertz CT molecular complexity index is 1190. The van der Waals surface area contributed by atoms with Gasteiger partial charge in [0.05, 0.1) is 17.7 Å². The maximum absolute atomic E-state index is 12.3. The molecule has 0 radical (unpaired) electrons. The maximum Gasteiger partial charge on any atom is 0.257 e. The summed E-state index contributed by atoms with van der Waals surface area (Å²) in [4.78, 5) is 16.3. The van der Waals surface area contributed by atoms with Gasteiger partial charge in [-0.1, -0.05) is 6.07 Å². The Labute approximate surface area is 175 Å². The summed E-state index contributed by atoms with van der Waals surface area (Å²) in [6, 6.07) is 20.4. The number of pyridine rings is 1. The minimum absolute atomic E-state index is 0.165. The zero-order chi connectivity index (χ0) is 20.5. The molecule has 0 spiro atoms. The Kier molecular flexibility index (Phi) is 4.81. The van der Waals surface area contributed by atoms with Crippen molar-refractivity contribution in [3.63, 3.8) is 0 Å². The number of nitrogens with zero attached hydrogens (tertiary/aromatic N) is 2. The van der Waals surface area contributed by atoms with E-state index in [0.29, 0.717) is 11.5 Å². The first-order chi connectivity index (χ1) is 14.7. The Morgan fingerprint density at radius 1 is 1.13 bits per heavy atom. The van der Waals surface area contributed by atoms with Crippen molar-refractivity contribution >= 4 is 22.5 Å². The number of hydrogen-bond acceptors (Lipinski definition) is 3. The summed E-state index contributed by atoms with van der Waals surface area (Å²) in [7, 11) is 0. The van der Waals surface area contributed by atoms with Gasteiger partial charge in [0, 0.05) is 47.4 Å². The number of aryl methyl sites for hydroxylation is 1. The lowest BCUT2D eigenvalue weighted by molar-refractivity contribution is 0.102. The third-order valence-electron chi connectivity index (χ3n) is 5.72. The van der Waals surface area contributed by atoms with E-state index in [1.165, 1.54) is 22.2 Å². The Hall–Kier alpha value is -3.44. The van der Waals surface area contributed by atoms with Crippen LogP contribution in [-0.4, -0.2) is 28.7 Å². The number of rotatable bonds is 4. The molecule has 0 bridgehead atoms. The monoisotopic (exact) mass is 397 g/mol. The second-order valence-corrected chi connectivity index (χ2v) is 7.74. The van der Waals surface area contributed by atoms with Crippen LogP contribution in [0.1, 0.15) is 34.0 Å². The number of hydrogen-bond donors (Lipinski definition) is 1. The standard InChI is InChI=1S/C25H23N3O2/c1-17-13-21-14-18(20-10-12-30-16-20)4-9-24(21)28(17)23-7-5-22(6-8-23)27-25(29)19-3-2-11-26-15-19/h2-9,11,13-15,20H,10,12,16H2,1H3,(H,27,29). The van der Waals surface area contributed by atoms with Crippen molar-refractivity contribution in [3.8, 4) is 5.69 Å². The highest BCUT2D eigenvalue weighted by Crippen LogP contribution is 2.31. The Balaban J connectivity index is 1.41. The van der Waals surface area contributed by atoms with Gasteiger partial charge in [-0.15, -0.1) is 0 Å². The summed E-state index contributed by atoms with van der Waals surface area (Å²) in [6.45, 7) is 3.79. The predicted molar refractivity (Wildman–Crippen MR) is 118 cm³/mol. The number of amides is 1. The van der Waals surface area contributed by atoms with E-state index in [0.717, 1.165) is 31.0 Å². The number of benzene rings is 2. The first-order valence-corrected chi connectivity index (χ1v) is 10.2. The molecule has 0 saturated carbocycles. The van der Waals surface area contributed by atoms with Gasteiger partial charge in [0.15, 0.2) is 0 Å². The lowest BCUT2D eigenvalue weighted by atomic mass is 9.97. The first kappa shape index (κ1) is 18.6. The molecule has 3 heterocycles. The molecule has 5 nitrogen and oxygen atoms in total. The van der Waals surface area contributed by atoms with Crippen LogP contribution in [0.3, 0.4) is 0 Å². The van der Waals surface area contributed by atoms with Crippen molar-refractivity contribution in [1.82, 2.24) is 9.55 Å². The smallest absolute Gasteiger partial charge is 0.257 e. The van der Waals surface area contributed by atoms with Gasteiger partial charge in [-0.25, -0.2) is 0 Å². The van der Waals surface area contributed by atoms with Crippen molar-refractivity contribution in [3.05, 3.63) is 89.9 Å². The number of fused-ring (bicyclic) bond motifs is 1. The van der Waals surface area contributed by atoms with E-state index >= 15 is 0 Å². The van der Waals surface area contributed by atoms with Crippen LogP contribution in [-0.2, 0) is 4.74 Å². The van der Waals surface area contributed by atoms with Crippen LogP contribution in [0.25, 0.3) is 16.6 Å². The minimum Gasteiger partial charge on any atom is -0.381 e. The molecule has 4 aromatic rings. The van der Waals surface area contributed by atoms with Crippen molar-refractivity contribution in [2.75, 3.05) is 18.5 Å². The quantitative estimate of drug-likeness (QED) is 0.522. The summed E-state index contributed by atoms with van der Waals surface area (Å²) < 4.78 is 7.80. The molecule has 150 valence electrons. The SMILES string of the molecule is Cc1cc2cc(C3CCOC3)ccc2n1-c1ccc(NC(=O)c2cccnc2)cc1. The van der Waals surface area contributed by atoms with Crippen LogP contribution in [0.5, 0.6) is 0 Å². The van der Waals surface area contributed by atoms with Gasteiger partial charge in [-0.05, 0) is 73.5 Å². The number of nitrogens with one attached hydrogen (secondary N) is 1. The molecule has 1 fully saturated rings. The highest BCUT2D eigenvalue weighted by Gasteiger charge is 2.19. The third kappa shape index (κ3) is 3.48. The molecule has 5 rings (SSSR count). The number of aromatic nitrogens is 2. The molecule has 1 unspecified atom stereocenters. The molecule has 1 aliphatic rings. The largest absolute Gasteiger partial charge is 0.381 e. The number of anilines is 1. The van der Waals surface area contributed by atoms with Crippen LogP contribution in [0, 0.1) is 6.92 Å².